The van der Waals surface area contributed by atoms with Gasteiger partial charge in [-0.15, -0.1) is 0 Å². The SMILES string of the molecule is Nc1ccc2c(c1)CCCC2NC(=O)C1(c2ccccc2)CCOCC1. The number of aryl methyl sites for hydroxylation is 1. The summed E-state index contributed by atoms with van der Waals surface area (Å²) in [6.07, 6.45) is 4.53. The highest BCUT2D eigenvalue weighted by Crippen LogP contribution is 2.37. The highest BCUT2D eigenvalue weighted by molar-refractivity contribution is 5.88. The lowest BCUT2D eigenvalue weighted by Crippen LogP contribution is -2.49. The first kappa shape index (κ1) is 17.1. The Bertz CT molecular complexity index is 782. The monoisotopic (exact) mass is 350 g/mol. The molecule has 0 bridgehead atoms. The van der Waals surface area contributed by atoms with Crippen LogP contribution in [0.5, 0.6) is 0 Å². The predicted molar refractivity (Wildman–Crippen MR) is 103 cm³/mol. The maximum Gasteiger partial charge on any atom is 0.231 e. The largest absolute Gasteiger partial charge is 0.399 e. The molecule has 4 heteroatoms. The molecule has 136 valence electrons. The number of fused-ring (bicyclic) bond motifs is 1. The molecule has 2 aliphatic rings. The van der Waals surface area contributed by atoms with Crippen molar-refractivity contribution in [1.29, 1.82) is 0 Å². The third-order valence-corrected chi connectivity index (χ3v) is 5.89. The molecule has 3 N–H and O–H groups in total. The topological polar surface area (TPSA) is 64.3 Å². The van der Waals surface area contributed by atoms with Gasteiger partial charge in [0.05, 0.1) is 11.5 Å². The molecule has 0 radical (unpaired) electrons. The van der Waals surface area contributed by atoms with Crippen LogP contribution in [0, 0.1) is 0 Å². The van der Waals surface area contributed by atoms with E-state index in [0.29, 0.717) is 13.2 Å². The second-order valence-corrected chi connectivity index (χ2v) is 7.44. The van der Waals surface area contributed by atoms with E-state index >= 15 is 0 Å². The summed E-state index contributed by atoms with van der Waals surface area (Å²) in [6, 6.07) is 16.3. The van der Waals surface area contributed by atoms with Crippen molar-refractivity contribution >= 4 is 11.6 Å². The Kier molecular flexibility index (Phi) is 4.68. The Morgan fingerprint density at radius 3 is 2.65 bits per heavy atom. The van der Waals surface area contributed by atoms with Crippen molar-refractivity contribution in [3.63, 3.8) is 0 Å². The standard InChI is InChI=1S/C22H26N2O2/c23-18-9-10-19-16(15-18)5-4-8-20(19)24-21(25)22(11-13-26-14-12-22)17-6-2-1-3-7-17/h1-3,6-7,9-10,15,20H,4-5,8,11-14,23H2,(H,24,25). The minimum Gasteiger partial charge on any atom is -0.399 e. The molecule has 0 spiro atoms. The molecule has 1 unspecified atom stereocenters. The predicted octanol–water partition coefficient (Wildman–Crippen LogP) is 3.51. The molecule has 1 fully saturated rings. The number of rotatable bonds is 3. The number of nitrogens with two attached hydrogens (primary N) is 1. The van der Waals surface area contributed by atoms with E-state index in [-0.39, 0.29) is 11.9 Å². The molecule has 2 aromatic rings. The number of nitrogen functional groups attached to an aromatic ring is 1. The Morgan fingerprint density at radius 1 is 1.12 bits per heavy atom. The minimum atomic E-state index is -0.495. The van der Waals surface area contributed by atoms with Crippen molar-refractivity contribution in [3.8, 4) is 0 Å². The van der Waals surface area contributed by atoms with E-state index < -0.39 is 5.41 Å². The van der Waals surface area contributed by atoms with Gasteiger partial charge in [-0.2, -0.15) is 0 Å². The van der Waals surface area contributed by atoms with Gasteiger partial charge in [-0.05, 0) is 60.9 Å². The van der Waals surface area contributed by atoms with E-state index in [4.69, 9.17) is 10.5 Å². The van der Waals surface area contributed by atoms with E-state index in [0.717, 1.165) is 43.4 Å². The molecule has 2 aromatic carbocycles. The van der Waals surface area contributed by atoms with Crippen LogP contribution >= 0.6 is 0 Å². The van der Waals surface area contributed by atoms with Crippen LogP contribution in [-0.4, -0.2) is 19.1 Å². The normalized spacial score (nSPS) is 21.6. The molecule has 1 heterocycles. The summed E-state index contributed by atoms with van der Waals surface area (Å²) >= 11 is 0. The first-order valence-electron chi connectivity index (χ1n) is 9.52. The summed E-state index contributed by atoms with van der Waals surface area (Å²) in [4.78, 5) is 13.5. The van der Waals surface area contributed by atoms with E-state index in [9.17, 15) is 4.79 Å². The third-order valence-electron chi connectivity index (χ3n) is 5.89. The number of nitrogens with one attached hydrogen (secondary N) is 1. The smallest absolute Gasteiger partial charge is 0.231 e. The number of anilines is 1. The van der Waals surface area contributed by atoms with Gasteiger partial charge in [-0.25, -0.2) is 0 Å². The van der Waals surface area contributed by atoms with Crippen LogP contribution in [0.1, 0.15) is 48.4 Å². The maximum atomic E-state index is 13.5. The fourth-order valence-electron chi connectivity index (χ4n) is 4.40. The number of hydrogen-bond acceptors (Lipinski definition) is 3. The van der Waals surface area contributed by atoms with Crippen molar-refractivity contribution in [2.45, 2.75) is 43.6 Å². The summed E-state index contributed by atoms with van der Waals surface area (Å²) in [7, 11) is 0. The van der Waals surface area contributed by atoms with Crippen LogP contribution in [0.2, 0.25) is 0 Å². The molecule has 0 saturated carbocycles. The summed E-state index contributed by atoms with van der Waals surface area (Å²) in [5, 5.41) is 3.37. The van der Waals surface area contributed by atoms with Crippen molar-refractivity contribution in [2.24, 2.45) is 0 Å². The Morgan fingerprint density at radius 2 is 1.88 bits per heavy atom. The number of carbonyl (C=O) groups excluding carboxylic acids is 1. The lowest BCUT2D eigenvalue weighted by Gasteiger charge is -2.38. The van der Waals surface area contributed by atoms with Gasteiger partial charge in [0, 0.05) is 18.9 Å². The van der Waals surface area contributed by atoms with Gasteiger partial charge < -0.3 is 15.8 Å². The van der Waals surface area contributed by atoms with Crippen LogP contribution < -0.4 is 11.1 Å². The Labute approximate surface area is 154 Å². The zero-order valence-electron chi connectivity index (χ0n) is 15.0. The molecule has 0 aromatic heterocycles. The second kappa shape index (κ2) is 7.12. The molecule has 1 saturated heterocycles. The van der Waals surface area contributed by atoms with Gasteiger partial charge in [-0.3, -0.25) is 4.79 Å². The van der Waals surface area contributed by atoms with Crippen molar-refractivity contribution in [2.75, 3.05) is 18.9 Å². The molecular formula is C22H26N2O2. The van der Waals surface area contributed by atoms with Crippen LogP contribution in [0.3, 0.4) is 0 Å². The Balaban J connectivity index is 1.62. The fraction of sp³-hybridized carbons (Fsp3) is 0.409. The van der Waals surface area contributed by atoms with Gasteiger partial charge in [-0.1, -0.05) is 36.4 Å². The van der Waals surface area contributed by atoms with Gasteiger partial charge >= 0.3 is 0 Å². The lowest BCUT2D eigenvalue weighted by atomic mass is 9.73. The van der Waals surface area contributed by atoms with Gasteiger partial charge in [0.15, 0.2) is 0 Å². The van der Waals surface area contributed by atoms with E-state index in [1.165, 1.54) is 11.1 Å². The third kappa shape index (κ3) is 3.10. The molecule has 4 nitrogen and oxygen atoms in total. The van der Waals surface area contributed by atoms with Crippen LogP contribution in [0.25, 0.3) is 0 Å². The van der Waals surface area contributed by atoms with E-state index in [2.05, 4.69) is 29.6 Å². The Hall–Kier alpha value is -2.33. The molecule has 1 aliphatic heterocycles. The minimum absolute atomic E-state index is 0.0651. The number of benzene rings is 2. The summed E-state index contributed by atoms with van der Waals surface area (Å²) in [6.45, 7) is 1.25. The molecule has 1 aliphatic carbocycles. The average Bonchev–Trinajstić information content (AvgIpc) is 2.69. The van der Waals surface area contributed by atoms with Crippen molar-refractivity contribution < 1.29 is 9.53 Å². The fourth-order valence-corrected chi connectivity index (χ4v) is 4.40. The number of hydrogen-bond donors (Lipinski definition) is 2. The number of amides is 1. The quantitative estimate of drug-likeness (QED) is 0.833. The van der Waals surface area contributed by atoms with Gasteiger partial charge in [0.25, 0.3) is 0 Å². The summed E-state index contributed by atoms with van der Waals surface area (Å²) in [5.41, 5.74) is 9.81. The zero-order valence-corrected chi connectivity index (χ0v) is 15.0. The molecule has 1 amide bonds. The number of carbonyl (C=O) groups is 1. The highest BCUT2D eigenvalue weighted by Gasteiger charge is 2.42. The molecule has 1 atom stereocenters. The lowest BCUT2D eigenvalue weighted by molar-refractivity contribution is -0.131. The van der Waals surface area contributed by atoms with Crippen molar-refractivity contribution in [3.05, 3.63) is 65.2 Å². The number of ether oxygens (including phenoxy) is 1. The summed E-state index contributed by atoms with van der Waals surface area (Å²) in [5.74, 6) is 0.127. The van der Waals surface area contributed by atoms with Crippen molar-refractivity contribution in [1.82, 2.24) is 5.32 Å². The summed E-state index contributed by atoms with van der Waals surface area (Å²) < 4.78 is 5.56. The molecule has 26 heavy (non-hydrogen) atoms. The van der Waals surface area contributed by atoms with E-state index in [1.54, 1.807) is 0 Å². The van der Waals surface area contributed by atoms with Gasteiger partial charge in [0.1, 0.15) is 0 Å². The maximum absolute atomic E-state index is 13.5. The van der Waals surface area contributed by atoms with Crippen LogP contribution in [-0.2, 0) is 21.4 Å². The first-order chi connectivity index (χ1) is 12.7. The van der Waals surface area contributed by atoms with E-state index in [1.807, 2.05) is 24.3 Å². The second-order valence-electron chi connectivity index (χ2n) is 7.44. The average molecular weight is 350 g/mol. The van der Waals surface area contributed by atoms with Gasteiger partial charge in [0.2, 0.25) is 5.91 Å². The molecule has 4 rings (SSSR count). The van der Waals surface area contributed by atoms with Crippen LogP contribution in [0.4, 0.5) is 5.69 Å². The molecular weight excluding hydrogens is 324 g/mol. The zero-order chi connectivity index (χ0) is 18.0. The van der Waals surface area contributed by atoms with Crippen LogP contribution in [0.15, 0.2) is 48.5 Å². The highest BCUT2D eigenvalue weighted by atomic mass is 16.5. The first-order valence-corrected chi connectivity index (χ1v) is 9.52.